The van der Waals surface area contributed by atoms with Crippen molar-refractivity contribution in [1.29, 1.82) is 0 Å². The Morgan fingerprint density at radius 2 is 2.07 bits per heavy atom. The van der Waals surface area contributed by atoms with Crippen LogP contribution in [0.15, 0.2) is 0 Å². The summed E-state index contributed by atoms with van der Waals surface area (Å²) >= 11 is 0. The van der Waals surface area contributed by atoms with Gasteiger partial charge in [0.05, 0.1) is 6.04 Å². The van der Waals surface area contributed by atoms with E-state index in [9.17, 15) is 4.79 Å². The molecule has 1 unspecified atom stereocenters. The van der Waals surface area contributed by atoms with Crippen molar-refractivity contribution in [1.82, 2.24) is 10.2 Å². The fourth-order valence-electron chi connectivity index (χ4n) is 2.69. The van der Waals surface area contributed by atoms with E-state index in [1.54, 1.807) is 0 Å². The average Bonchev–Trinajstić information content (AvgIpc) is 2.79. The van der Waals surface area contributed by atoms with E-state index >= 15 is 0 Å². The molecule has 2 aliphatic rings. The summed E-state index contributed by atoms with van der Waals surface area (Å²) in [5.74, 6) is 1.11. The number of amides is 1. The van der Waals surface area contributed by atoms with Crippen molar-refractivity contribution in [3.63, 3.8) is 0 Å². The highest BCUT2D eigenvalue weighted by Gasteiger charge is 2.31. The molecule has 2 rings (SSSR count). The first-order valence-electron chi connectivity index (χ1n) is 5.77. The van der Waals surface area contributed by atoms with Crippen molar-refractivity contribution in [2.45, 2.75) is 38.1 Å². The summed E-state index contributed by atoms with van der Waals surface area (Å²) in [7, 11) is 1.88. The van der Waals surface area contributed by atoms with Crippen LogP contribution in [-0.4, -0.2) is 37.0 Å². The lowest BCUT2D eigenvalue weighted by Crippen LogP contribution is -2.38. The summed E-state index contributed by atoms with van der Waals surface area (Å²) in [4.78, 5) is 13.8. The first-order valence-corrected chi connectivity index (χ1v) is 5.77. The van der Waals surface area contributed by atoms with Crippen molar-refractivity contribution in [2.24, 2.45) is 5.92 Å². The Morgan fingerprint density at radius 1 is 1.36 bits per heavy atom. The number of rotatable bonds is 3. The minimum atomic E-state index is 0.0939. The molecule has 1 atom stereocenters. The Labute approximate surface area is 85.8 Å². The SMILES string of the molecule is CNC1CCN(CC2CCCC2)C1=O. The van der Waals surface area contributed by atoms with E-state index in [4.69, 9.17) is 0 Å². The van der Waals surface area contributed by atoms with Crippen LogP contribution in [0.4, 0.5) is 0 Å². The van der Waals surface area contributed by atoms with Gasteiger partial charge in [-0.25, -0.2) is 0 Å². The van der Waals surface area contributed by atoms with E-state index in [0.717, 1.165) is 25.4 Å². The van der Waals surface area contributed by atoms with Crippen LogP contribution in [0.3, 0.4) is 0 Å². The van der Waals surface area contributed by atoms with Crippen LogP contribution >= 0.6 is 0 Å². The minimum Gasteiger partial charge on any atom is -0.341 e. The maximum atomic E-state index is 11.8. The standard InChI is InChI=1S/C11H20N2O/c1-12-10-6-7-13(11(10)14)8-9-4-2-3-5-9/h9-10,12H,2-8H2,1H3. The number of likely N-dealkylation sites (N-methyl/N-ethyl adjacent to an activating group) is 1. The number of carbonyl (C=O) groups is 1. The molecule has 0 spiro atoms. The van der Waals surface area contributed by atoms with Gasteiger partial charge in [0, 0.05) is 13.1 Å². The van der Waals surface area contributed by atoms with Gasteiger partial charge >= 0.3 is 0 Å². The molecule has 1 aliphatic heterocycles. The van der Waals surface area contributed by atoms with Crippen molar-refractivity contribution in [2.75, 3.05) is 20.1 Å². The minimum absolute atomic E-state index is 0.0939. The molecule has 1 saturated heterocycles. The van der Waals surface area contributed by atoms with Crippen molar-refractivity contribution >= 4 is 5.91 Å². The maximum absolute atomic E-state index is 11.8. The van der Waals surface area contributed by atoms with Crippen LogP contribution in [-0.2, 0) is 4.79 Å². The van der Waals surface area contributed by atoms with Gasteiger partial charge in [-0.05, 0) is 32.2 Å². The molecule has 1 N–H and O–H groups in total. The number of hydrogen-bond acceptors (Lipinski definition) is 2. The molecule has 3 nitrogen and oxygen atoms in total. The fourth-order valence-corrected chi connectivity index (χ4v) is 2.69. The van der Waals surface area contributed by atoms with E-state index < -0.39 is 0 Å². The van der Waals surface area contributed by atoms with Crippen LogP contribution < -0.4 is 5.32 Å². The lowest BCUT2D eigenvalue weighted by Gasteiger charge is -2.20. The second-order valence-electron chi connectivity index (χ2n) is 4.56. The van der Waals surface area contributed by atoms with Crippen LogP contribution in [0.1, 0.15) is 32.1 Å². The zero-order valence-electron chi connectivity index (χ0n) is 8.96. The van der Waals surface area contributed by atoms with Gasteiger partial charge < -0.3 is 10.2 Å². The molecule has 1 saturated carbocycles. The monoisotopic (exact) mass is 196 g/mol. The molecule has 0 aromatic heterocycles. The Kier molecular flexibility index (Phi) is 3.06. The predicted octanol–water partition coefficient (Wildman–Crippen LogP) is 0.997. The zero-order valence-corrected chi connectivity index (χ0v) is 8.96. The molecular weight excluding hydrogens is 176 g/mol. The van der Waals surface area contributed by atoms with Gasteiger partial charge in [-0.2, -0.15) is 0 Å². The Balaban J connectivity index is 1.84. The number of nitrogens with zero attached hydrogens (tertiary/aromatic N) is 1. The number of likely N-dealkylation sites (tertiary alicyclic amines) is 1. The Morgan fingerprint density at radius 3 is 2.64 bits per heavy atom. The molecule has 14 heavy (non-hydrogen) atoms. The number of hydrogen-bond donors (Lipinski definition) is 1. The van der Waals surface area contributed by atoms with E-state index in [2.05, 4.69) is 10.2 Å². The normalized spacial score (nSPS) is 29.1. The first-order chi connectivity index (χ1) is 6.81. The van der Waals surface area contributed by atoms with E-state index in [1.807, 2.05) is 7.05 Å². The summed E-state index contributed by atoms with van der Waals surface area (Å²) in [5, 5.41) is 3.08. The predicted molar refractivity (Wildman–Crippen MR) is 56.0 cm³/mol. The average molecular weight is 196 g/mol. The van der Waals surface area contributed by atoms with E-state index in [-0.39, 0.29) is 6.04 Å². The topological polar surface area (TPSA) is 32.3 Å². The van der Waals surface area contributed by atoms with Gasteiger partial charge in [-0.15, -0.1) is 0 Å². The highest BCUT2D eigenvalue weighted by molar-refractivity contribution is 5.83. The molecule has 2 fully saturated rings. The third-order valence-electron chi connectivity index (χ3n) is 3.60. The molecule has 0 radical (unpaired) electrons. The zero-order chi connectivity index (χ0) is 9.97. The second kappa shape index (κ2) is 4.30. The molecule has 80 valence electrons. The molecule has 3 heteroatoms. The molecule has 0 aromatic carbocycles. The lowest BCUT2D eigenvalue weighted by molar-refractivity contribution is -0.129. The van der Waals surface area contributed by atoms with Gasteiger partial charge in [0.2, 0.25) is 5.91 Å². The molecule has 1 amide bonds. The fraction of sp³-hybridized carbons (Fsp3) is 0.909. The van der Waals surface area contributed by atoms with Crippen LogP contribution in [0.5, 0.6) is 0 Å². The van der Waals surface area contributed by atoms with Gasteiger partial charge in [0.1, 0.15) is 0 Å². The Hall–Kier alpha value is -0.570. The van der Waals surface area contributed by atoms with Crippen molar-refractivity contribution < 1.29 is 4.79 Å². The van der Waals surface area contributed by atoms with Gasteiger partial charge in [-0.3, -0.25) is 4.79 Å². The quantitative estimate of drug-likeness (QED) is 0.730. The first kappa shape index (κ1) is 9.97. The van der Waals surface area contributed by atoms with Gasteiger partial charge in [-0.1, -0.05) is 12.8 Å². The molecule has 0 bridgehead atoms. The van der Waals surface area contributed by atoms with Gasteiger partial charge in [0.15, 0.2) is 0 Å². The molecular formula is C11H20N2O. The van der Waals surface area contributed by atoms with Gasteiger partial charge in [0.25, 0.3) is 0 Å². The summed E-state index contributed by atoms with van der Waals surface area (Å²) < 4.78 is 0. The third-order valence-corrected chi connectivity index (χ3v) is 3.60. The van der Waals surface area contributed by atoms with Crippen LogP contribution in [0.25, 0.3) is 0 Å². The summed E-state index contributed by atoms with van der Waals surface area (Å²) in [5.41, 5.74) is 0. The molecule has 1 aliphatic carbocycles. The smallest absolute Gasteiger partial charge is 0.239 e. The Bertz CT molecular complexity index is 211. The largest absolute Gasteiger partial charge is 0.341 e. The van der Waals surface area contributed by atoms with Crippen molar-refractivity contribution in [3.8, 4) is 0 Å². The van der Waals surface area contributed by atoms with Crippen molar-refractivity contribution in [3.05, 3.63) is 0 Å². The number of nitrogens with one attached hydrogen (secondary N) is 1. The maximum Gasteiger partial charge on any atom is 0.239 e. The van der Waals surface area contributed by atoms with E-state index in [1.165, 1.54) is 25.7 Å². The second-order valence-corrected chi connectivity index (χ2v) is 4.56. The number of carbonyl (C=O) groups excluding carboxylic acids is 1. The lowest BCUT2D eigenvalue weighted by atomic mass is 10.1. The molecule has 0 aromatic rings. The summed E-state index contributed by atoms with van der Waals surface area (Å²) in [6, 6.07) is 0.0939. The van der Waals surface area contributed by atoms with E-state index in [0.29, 0.717) is 5.91 Å². The highest BCUT2D eigenvalue weighted by atomic mass is 16.2. The summed E-state index contributed by atoms with van der Waals surface area (Å²) in [6.45, 7) is 1.97. The third kappa shape index (κ3) is 1.92. The highest BCUT2D eigenvalue weighted by Crippen LogP contribution is 2.26. The summed E-state index contributed by atoms with van der Waals surface area (Å²) in [6.07, 6.45) is 6.37. The molecule has 1 heterocycles. The van der Waals surface area contributed by atoms with Crippen LogP contribution in [0, 0.1) is 5.92 Å². The van der Waals surface area contributed by atoms with Crippen LogP contribution in [0.2, 0.25) is 0 Å².